The molecule has 4 nitrogen and oxygen atoms in total. The Hall–Kier alpha value is -0.630. The lowest BCUT2D eigenvalue weighted by molar-refractivity contribution is 0.140. The van der Waals surface area contributed by atoms with Crippen molar-refractivity contribution in [1.82, 2.24) is 10.2 Å². The monoisotopic (exact) mass is 239 g/mol. The van der Waals surface area contributed by atoms with Crippen LogP contribution < -0.4 is 5.32 Å². The fraction of sp³-hybridized carbons (Fsp3) is 0.923. The lowest BCUT2D eigenvalue weighted by atomic mass is 9.92. The molecule has 1 unspecified atom stereocenters. The molecule has 1 N–H and O–H groups in total. The normalized spacial score (nSPS) is 25.5. The first-order chi connectivity index (χ1) is 8.26. The van der Waals surface area contributed by atoms with Crippen LogP contribution >= 0.6 is 0 Å². The van der Waals surface area contributed by atoms with Crippen LogP contribution in [-0.2, 0) is 4.74 Å². The molecule has 0 aromatic carbocycles. The highest BCUT2D eigenvalue weighted by Crippen LogP contribution is 2.20. The van der Waals surface area contributed by atoms with Crippen molar-refractivity contribution in [2.45, 2.75) is 38.6 Å². The number of nitrogens with zero attached hydrogens (tertiary/aromatic N) is 2. The summed E-state index contributed by atoms with van der Waals surface area (Å²) in [4.78, 5) is 2.37. The van der Waals surface area contributed by atoms with E-state index in [9.17, 15) is 5.26 Å². The second-order valence-electron chi connectivity index (χ2n) is 4.61. The van der Waals surface area contributed by atoms with Crippen LogP contribution in [0.1, 0.15) is 33.1 Å². The average Bonchev–Trinajstić information content (AvgIpc) is 2.61. The average molecular weight is 239 g/mol. The molecule has 1 aliphatic heterocycles. The lowest BCUT2D eigenvalue weighted by Crippen LogP contribution is -2.47. The number of nitriles is 1. The van der Waals surface area contributed by atoms with Crippen molar-refractivity contribution in [2.75, 3.05) is 39.4 Å². The minimum atomic E-state index is -0.357. The van der Waals surface area contributed by atoms with Crippen molar-refractivity contribution < 1.29 is 4.74 Å². The van der Waals surface area contributed by atoms with E-state index in [4.69, 9.17) is 4.74 Å². The quantitative estimate of drug-likeness (QED) is 0.761. The van der Waals surface area contributed by atoms with E-state index in [1.807, 2.05) is 0 Å². The summed E-state index contributed by atoms with van der Waals surface area (Å²) in [7, 11) is 0. The highest BCUT2D eigenvalue weighted by molar-refractivity contribution is 5.07. The second-order valence-corrected chi connectivity index (χ2v) is 4.61. The summed E-state index contributed by atoms with van der Waals surface area (Å²) in [5.41, 5.74) is -0.357. The molecule has 1 heterocycles. The van der Waals surface area contributed by atoms with Gasteiger partial charge in [0.15, 0.2) is 0 Å². The third-order valence-corrected chi connectivity index (χ3v) is 3.57. The summed E-state index contributed by atoms with van der Waals surface area (Å²) in [6, 6.07) is 2.46. The Morgan fingerprint density at radius 2 is 2.06 bits per heavy atom. The molecule has 1 aliphatic rings. The van der Waals surface area contributed by atoms with Gasteiger partial charge in [-0.25, -0.2) is 0 Å². The number of hydrogen-bond donors (Lipinski definition) is 1. The van der Waals surface area contributed by atoms with Gasteiger partial charge in [-0.2, -0.15) is 5.26 Å². The van der Waals surface area contributed by atoms with Gasteiger partial charge in [0.25, 0.3) is 0 Å². The maximum absolute atomic E-state index is 9.36. The molecule has 0 aromatic heterocycles. The molecule has 17 heavy (non-hydrogen) atoms. The van der Waals surface area contributed by atoms with Crippen LogP contribution in [0.25, 0.3) is 0 Å². The molecule has 4 heteroatoms. The number of ether oxygens (including phenoxy) is 1. The number of nitrogens with one attached hydrogen (secondary N) is 1. The molecule has 0 radical (unpaired) electrons. The summed E-state index contributed by atoms with van der Waals surface area (Å²) in [6.45, 7) is 9.87. The number of likely N-dealkylation sites (N-methyl/N-ethyl adjacent to an activating group) is 1. The Bertz CT molecular complexity index is 238. The fourth-order valence-corrected chi connectivity index (χ4v) is 2.27. The van der Waals surface area contributed by atoms with Crippen molar-refractivity contribution >= 4 is 0 Å². The van der Waals surface area contributed by atoms with E-state index in [1.165, 1.54) is 0 Å². The molecule has 1 atom stereocenters. The van der Waals surface area contributed by atoms with E-state index >= 15 is 0 Å². The summed E-state index contributed by atoms with van der Waals surface area (Å²) < 4.78 is 5.42. The molecule has 1 saturated heterocycles. The van der Waals surface area contributed by atoms with Gasteiger partial charge in [0.1, 0.15) is 5.54 Å². The molecule has 0 saturated carbocycles. The van der Waals surface area contributed by atoms with Crippen molar-refractivity contribution in [3.8, 4) is 6.07 Å². The molecule has 1 rings (SSSR count). The SMILES string of the molecule is CCN(CC)CCNC1(C#N)CCCOCC1. The third-order valence-electron chi connectivity index (χ3n) is 3.57. The molecule has 1 fully saturated rings. The highest BCUT2D eigenvalue weighted by atomic mass is 16.5. The van der Waals surface area contributed by atoms with E-state index in [1.54, 1.807) is 0 Å². The Kier molecular flexibility index (Phi) is 6.49. The maximum Gasteiger partial charge on any atom is 0.109 e. The zero-order chi connectivity index (χ0) is 12.6. The minimum absolute atomic E-state index is 0.357. The Labute approximate surface area is 105 Å². The minimum Gasteiger partial charge on any atom is -0.381 e. The molecule has 0 aromatic rings. The van der Waals surface area contributed by atoms with E-state index in [2.05, 4.69) is 30.1 Å². The summed E-state index contributed by atoms with van der Waals surface area (Å²) in [5.74, 6) is 0. The van der Waals surface area contributed by atoms with Crippen LogP contribution in [0.2, 0.25) is 0 Å². The first-order valence-electron chi connectivity index (χ1n) is 6.72. The van der Waals surface area contributed by atoms with Gasteiger partial charge in [0.05, 0.1) is 6.07 Å². The molecule has 0 aliphatic carbocycles. The Morgan fingerprint density at radius 3 is 2.71 bits per heavy atom. The number of hydrogen-bond acceptors (Lipinski definition) is 4. The summed E-state index contributed by atoms with van der Waals surface area (Å²) in [6.07, 6.45) is 2.69. The molecular weight excluding hydrogens is 214 g/mol. The summed E-state index contributed by atoms with van der Waals surface area (Å²) >= 11 is 0. The highest BCUT2D eigenvalue weighted by Gasteiger charge is 2.30. The van der Waals surface area contributed by atoms with Gasteiger partial charge < -0.3 is 9.64 Å². The lowest BCUT2D eigenvalue weighted by Gasteiger charge is -2.27. The van der Waals surface area contributed by atoms with Gasteiger partial charge in [-0.3, -0.25) is 5.32 Å². The van der Waals surface area contributed by atoms with Crippen LogP contribution in [0.15, 0.2) is 0 Å². The molecule has 98 valence electrons. The topological polar surface area (TPSA) is 48.3 Å². The Balaban J connectivity index is 2.38. The third kappa shape index (κ3) is 4.63. The maximum atomic E-state index is 9.36. The first kappa shape index (κ1) is 14.4. The predicted octanol–water partition coefficient (Wildman–Crippen LogP) is 1.38. The zero-order valence-electron chi connectivity index (χ0n) is 11.2. The van der Waals surface area contributed by atoms with Crippen molar-refractivity contribution in [2.24, 2.45) is 0 Å². The van der Waals surface area contributed by atoms with E-state index in [0.717, 1.165) is 52.0 Å². The Morgan fingerprint density at radius 1 is 1.29 bits per heavy atom. The molecular formula is C13H25N3O. The predicted molar refractivity (Wildman–Crippen MR) is 68.8 cm³/mol. The molecule has 0 bridgehead atoms. The summed E-state index contributed by atoms with van der Waals surface area (Å²) in [5, 5.41) is 12.8. The zero-order valence-corrected chi connectivity index (χ0v) is 11.2. The van der Waals surface area contributed by atoms with Gasteiger partial charge in [0.2, 0.25) is 0 Å². The van der Waals surface area contributed by atoms with Crippen molar-refractivity contribution in [3.05, 3.63) is 0 Å². The van der Waals surface area contributed by atoms with Crippen molar-refractivity contribution in [3.63, 3.8) is 0 Å². The van der Waals surface area contributed by atoms with Crippen LogP contribution in [0.3, 0.4) is 0 Å². The van der Waals surface area contributed by atoms with Gasteiger partial charge in [-0.15, -0.1) is 0 Å². The molecule has 0 spiro atoms. The van der Waals surface area contributed by atoms with Gasteiger partial charge in [0, 0.05) is 32.7 Å². The second kappa shape index (κ2) is 7.65. The van der Waals surface area contributed by atoms with Crippen LogP contribution in [0, 0.1) is 11.3 Å². The van der Waals surface area contributed by atoms with E-state index in [-0.39, 0.29) is 5.54 Å². The van der Waals surface area contributed by atoms with E-state index in [0.29, 0.717) is 6.61 Å². The van der Waals surface area contributed by atoms with Gasteiger partial charge in [-0.05, 0) is 25.9 Å². The van der Waals surface area contributed by atoms with Crippen molar-refractivity contribution in [1.29, 1.82) is 5.26 Å². The van der Waals surface area contributed by atoms with Gasteiger partial charge >= 0.3 is 0 Å². The molecule has 0 amide bonds. The van der Waals surface area contributed by atoms with E-state index < -0.39 is 0 Å². The standard InChI is InChI=1S/C13H25N3O/c1-3-16(4-2)9-8-15-13(12-14)6-5-10-17-11-7-13/h15H,3-11H2,1-2H3. The van der Waals surface area contributed by atoms with Crippen LogP contribution in [0.5, 0.6) is 0 Å². The largest absolute Gasteiger partial charge is 0.381 e. The van der Waals surface area contributed by atoms with Gasteiger partial charge in [-0.1, -0.05) is 13.8 Å². The smallest absolute Gasteiger partial charge is 0.109 e. The van der Waals surface area contributed by atoms with Crippen LogP contribution in [0.4, 0.5) is 0 Å². The number of rotatable bonds is 6. The van der Waals surface area contributed by atoms with Crippen LogP contribution in [-0.4, -0.2) is 49.8 Å². The first-order valence-corrected chi connectivity index (χ1v) is 6.72. The fourth-order valence-electron chi connectivity index (χ4n) is 2.27.